The van der Waals surface area contributed by atoms with Crippen LogP contribution in [0.2, 0.25) is 0 Å². The van der Waals surface area contributed by atoms with Crippen molar-refractivity contribution in [1.29, 1.82) is 0 Å². The fraction of sp³-hybridized carbons (Fsp3) is 0.176. The van der Waals surface area contributed by atoms with Crippen LogP contribution in [-0.4, -0.2) is 5.11 Å². The number of hydrogen-bond donors (Lipinski definition) is 1. The second-order valence-corrected chi connectivity index (χ2v) is 4.40. The van der Waals surface area contributed by atoms with Gasteiger partial charge in [0.05, 0.1) is 6.10 Å². The maximum absolute atomic E-state index is 10.5. The van der Waals surface area contributed by atoms with Gasteiger partial charge in [-0.3, -0.25) is 0 Å². The Balaban J connectivity index is 2.28. The lowest BCUT2D eigenvalue weighted by Gasteiger charge is -2.22. The fourth-order valence-corrected chi connectivity index (χ4v) is 2.21. The summed E-state index contributed by atoms with van der Waals surface area (Å²) in [5.41, 5.74) is 2.10. The predicted molar refractivity (Wildman–Crippen MR) is 75.4 cm³/mol. The van der Waals surface area contributed by atoms with Crippen LogP contribution >= 0.6 is 0 Å². The van der Waals surface area contributed by atoms with Gasteiger partial charge in [0.2, 0.25) is 0 Å². The van der Waals surface area contributed by atoms with Gasteiger partial charge in [-0.05, 0) is 17.5 Å². The van der Waals surface area contributed by atoms with Gasteiger partial charge in [-0.25, -0.2) is 0 Å². The molecule has 0 unspecified atom stereocenters. The molecule has 2 aromatic carbocycles. The van der Waals surface area contributed by atoms with Gasteiger partial charge >= 0.3 is 0 Å². The van der Waals surface area contributed by atoms with Gasteiger partial charge in [0.15, 0.2) is 0 Å². The highest BCUT2D eigenvalue weighted by atomic mass is 16.3. The Morgan fingerprint density at radius 1 is 0.889 bits per heavy atom. The summed E-state index contributed by atoms with van der Waals surface area (Å²) < 4.78 is 0. The number of rotatable bonds is 5. The zero-order valence-electron chi connectivity index (χ0n) is 10.4. The van der Waals surface area contributed by atoms with E-state index < -0.39 is 6.10 Å². The first-order valence-corrected chi connectivity index (χ1v) is 6.21. The molecule has 0 heterocycles. The van der Waals surface area contributed by atoms with E-state index in [-0.39, 0.29) is 5.92 Å². The summed E-state index contributed by atoms with van der Waals surface area (Å²) in [6, 6.07) is 19.9. The molecule has 1 heteroatoms. The smallest absolute Gasteiger partial charge is 0.0861 e. The lowest BCUT2D eigenvalue weighted by atomic mass is 9.87. The Morgan fingerprint density at radius 2 is 1.39 bits per heavy atom. The highest BCUT2D eigenvalue weighted by Gasteiger charge is 2.21. The summed E-state index contributed by atoms with van der Waals surface area (Å²) in [4.78, 5) is 0. The summed E-state index contributed by atoms with van der Waals surface area (Å²) in [5.74, 6) is 0.0612. The first-order valence-electron chi connectivity index (χ1n) is 6.21. The van der Waals surface area contributed by atoms with E-state index >= 15 is 0 Å². The molecule has 0 aromatic heterocycles. The van der Waals surface area contributed by atoms with Crippen molar-refractivity contribution in [2.24, 2.45) is 0 Å². The average molecular weight is 238 g/mol. The number of aliphatic hydroxyl groups excluding tert-OH is 1. The first kappa shape index (κ1) is 12.6. The molecule has 0 saturated heterocycles. The third-order valence-electron chi connectivity index (χ3n) is 3.17. The molecule has 0 aliphatic heterocycles. The van der Waals surface area contributed by atoms with Crippen molar-refractivity contribution >= 4 is 0 Å². The molecule has 0 amide bonds. The van der Waals surface area contributed by atoms with Crippen LogP contribution in [0.3, 0.4) is 0 Å². The quantitative estimate of drug-likeness (QED) is 0.778. The molecule has 18 heavy (non-hydrogen) atoms. The number of hydrogen-bond acceptors (Lipinski definition) is 1. The van der Waals surface area contributed by atoms with E-state index in [0.29, 0.717) is 0 Å². The molecular weight excluding hydrogens is 220 g/mol. The van der Waals surface area contributed by atoms with Crippen LogP contribution in [0.15, 0.2) is 73.3 Å². The zero-order chi connectivity index (χ0) is 12.8. The lowest BCUT2D eigenvalue weighted by Crippen LogP contribution is -2.10. The minimum Gasteiger partial charge on any atom is -0.388 e. The van der Waals surface area contributed by atoms with Gasteiger partial charge in [0, 0.05) is 5.92 Å². The summed E-state index contributed by atoms with van der Waals surface area (Å²) in [6.45, 7) is 3.79. The average Bonchev–Trinajstić information content (AvgIpc) is 2.46. The molecule has 0 spiro atoms. The minimum atomic E-state index is -0.494. The fourth-order valence-electron chi connectivity index (χ4n) is 2.21. The van der Waals surface area contributed by atoms with Crippen molar-refractivity contribution in [3.63, 3.8) is 0 Å². The van der Waals surface area contributed by atoms with E-state index in [0.717, 1.165) is 17.5 Å². The maximum Gasteiger partial charge on any atom is 0.0861 e. The predicted octanol–water partition coefficient (Wildman–Crippen LogP) is 4.08. The van der Waals surface area contributed by atoms with Gasteiger partial charge in [0.1, 0.15) is 0 Å². The van der Waals surface area contributed by atoms with Crippen LogP contribution in [0.25, 0.3) is 0 Å². The van der Waals surface area contributed by atoms with E-state index in [1.54, 1.807) is 0 Å². The highest BCUT2D eigenvalue weighted by Crippen LogP contribution is 2.33. The van der Waals surface area contributed by atoms with Crippen molar-refractivity contribution in [3.05, 3.63) is 84.4 Å². The first-order chi connectivity index (χ1) is 8.83. The van der Waals surface area contributed by atoms with Crippen LogP contribution in [0.5, 0.6) is 0 Å². The Hall–Kier alpha value is -1.86. The molecule has 0 aliphatic carbocycles. The van der Waals surface area contributed by atoms with Gasteiger partial charge in [-0.1, -0.05) is 66.7 Å². The summed E-state index contributed by atoms with van der Waals surface area (Å²) >= 11 is 0. The molecular formula is C17H18O. The number of aliphatic hydroxyl groups is 1. The third kappa shape index (κ3) is 2.88. The van der Waals surface area contributed by atoms with Crippen molar-refractivity contribution < 1.29 is 5.11 Å². The van der Waals surface area contributed by atoms with Crippen LogP contribution in [0, 0.1) is 0 Å². The molecule has 92 valence electrons. The van der Waals surface area contributed by atoms with Crippen molar-refractivity contribution in [3.8, 4) is 0 Å². The Labute approximate surface area is 108 Å². The highest BCUT2D eigenvalue weighted by molar-refractivity contribution is 5.27. The third-order valence-corrected chi connectivity index (χ3v) is 3.17. The molecule has 2 aromatic rings. The van der Waals surface area contributed by atoms with Crippen LogP contribution in [-0.2, 0) is 0 Å². The lowest BCUT2D eigenvalue weighted by molar-refractivity contribution is 0.145. The van der Waals surface area contributed by atoms with E-state index in [4.69, 9.17) is 0 Å². The van der Waals surface area contributed by atoms with Gasteiger partial charge in [-0.2, -0.15) is 0 Å². The standard InChI is InChI=1S/C17H18O/c1-2-9-16(14-10-5-3-6-11-14)17(18)15-12-7-4-8-13-15/h2-8,10-13,16-18H,1,9H2/t16-,17-/m0/s1. The van der Waals surface area contributed by atoms with E-state index in [1.807, 2.05) is 54.6 Å². The van der Waals surface area contributed by atoms with Crippen molar-refractivity contribution in [2.45, 2.75) is 18.4 Å². The summed E-state index contributed by atoms with van der Waals surface area (Å²) in [6.07, 6.45) is 2.13. The number of benzene rings is 2. The molecule has 2 atom stereocenters. The van der Waals surface area contributed by atoms with Gasteiger partial charge < -0.3 is 5.11 Å². The molecule has 0 bridgehead atoms. The molecule has 1 nitrogen and oxygen atoms in total. The summed E-state index contributed by atoms with van der Waals surface area (Å²) in [7, 11) is 0. The monoisotopic (exact) mass is 238 g/mol. The van der Waals surface area contributed by atoms with Crippen molar-refractivity contribution in [1.82, 2.24) is 0 Å². The minimum absolute atomic E-state index is 0.0612. The van der Waals surface area contributed by atoms with E-state index in [1.165, 1.54) is 0 Å². The maximum atomic E-state index is 10.5. The Bertz CT molecular complexity index is 475. The van der Waals surface area contributed by atoms with E-state index in [9.17, 15) is 5.11 Å². The van der Waals surface area contributed by atoms with Crippen LogP contribution < -0.4 is 0 Å². The van der Waals surface area contributed by atoms with Crippen LogP contribution in [0.1, 0.15) is 29.6 Å². The second kappa shape index (κ2) is 6.18. The Morgan fingerprint density at radius 3 is 1.89 bits per heavy atom. The molecule has 0 saturated carbocycles. The largest absolute Gasteiger partial charge is 0.388 e. The van der Waals surface area contributed by atoms with Crippen molar-refractivity contribution in [2.75, 3.05) is 0 Å². The van der Waals surface area contributed by atoms with E-state index in [2.05, 4.69) is 18.7 Å². The topological polar surface area (TPSA) is 20.2 Å². The zero-order valence-corrected chi connectivity index (χ0v) is 10.4. The molecule has 2 rings (SSSR count). The molecule has 0 aliphatic rings. The van der Waals surface area contributed by atoms with Crippen LogP contribution in [0.4, 0.5) is 0 Å². The molecule has 0 radical (unpaired) electrons. The normalized spacial score (nSPS) is 13.8. The number of allylic oxidation sites excluding steroid dienone is 1. The second-order valence-electron chi connectivity index (χ2n) is 4.40. The van der Waals surface area contributed by atoms with Gasteiger partial charge in [-0.15, -0.1) is 6.58 Å². The summed E-state index contributed by atoms with van der Waals surface area (Å²) in [5, 5.41) is 10.5. The Kier molecular flexibility index (Phi) is 4.32. The molecule has 0 fully saturated rings. The SMILES string of the molecule is C=CC[C@@H](c1ccccc1)[C@@H](O)c1ccccc1. The molecule has 1 N–H and O–H groups in total. The van der Waals surface area contributed by atoms with Gasteiger partial charge in [0.25, 0.3) is 0 Å².